The Morgan fingerprint density at radius 3 is 2.25 bits per heavy atom. The summed E-state index contributed by atoms with van der Waals surface area (Å²) in [5, 5.41) is 9.94. The summed E-state index contributed by atoms with van der Waals surface area (Å²) in [5.41, 5.74) is 3.64. The normalized spacial score (nSPS) is 18.4. The number of hydrogen-bond acceptors (Lipinski definition) is 6. The number of aromatic nitrogens is 1. The summed E-state index contributed by atoms with van der Waals surface area (Å²) in [6.45, 7) is 3.31. The molecule has 0 aromatic carbocycles. The van der Waals surface area contributed by atoms with Crippen LogP contribution in [0.4, 0.5) is 5.82 Å². The van der Waals surface area contributed by atoms with Crippen LogP contribution in [0.15, 0.2) is 22.8 Å². The van der Waals surface area contributed by atoms with Crippen molar-refractivity contribution >= 4 is 17.6 Å². The van der Waals surface area contributed by atoms with Crippen molar-refractivity contribution in [2.24, 2.45) is 0 Å². The molecule has 5 rings (SSSR count). The highest BCUT2D eigenvalue weighted by atomic mass is 16.3. The van der Waals surface area contributed by atoms with E-state index in [-0.39, 0.29) is 5.91 Å². The lowest BCUT2D eigenvalue weighted by molar-refractivity contribution is -0.152. The van der Waals surface area contributed by atoms with Gasteiger partial charge >= 0.3 is 11.8 Å². The van der Waals surface area contributed by atoms with Crippen molar-refractivity contribution in [2.45, 2.75) is 38.5 Å². The van der Waals surface area contributed by atoms with Crippen LogP contribution in [0.3, 0.4) is 0 Å². The van der Waals surface area contributed by atoms with Gasteiger partial charge in [-0.2, -0.15) is 5.26 Å². The van der Waals surface area contributed by atoms with E-state index in [1.807, 2.05) is 12.1 Å². The summed E-state index contributed by atoms with van der Waals surface area (Å²) < 4.78 is 5.63. The van der Waals surface area contributed by atoms with Gasteiger partial charge in [0.1, 0.15) is 17.6 Å². The zero-order chi connectivity index (χ0) is 22.1. The minimum Gasteiger partial charge on any atom is -0.463 e. The van der Waals surface area contributed by atoms with E-state index in [1.54, 1.807) is 16.1 Å². The first-order valence-electron chi connectivity index (χ1n) is 11.5. The Morgan fingerprint density at radius 1 is 0.906 bits per heavy atom. The molecular weight excluding hydrogens is 406 g/mol. The Morgan fingerprint density at radius 2 is 1.59 bits per heavy atom. The second-order valence-electron chi connectivity index (χ2n) is 8.69. The molecule has 2 amide bonds. The number of hydrogen-bond donors (Lipinski definition) is 0. The van der Waals surface area contributed by atoms with Crippen molar-refractivity contribution < 1.29 is 14.0 Å². The van der Waals surface area contributed by atoms with Gasteiger partial charge < -0.3 is 19.1 Å². The van der Waals surface area contributed by atoms with Gasteiger partial charge in [0.15, 0.2) is 5.76 Å². The molecule has 0 atom stereocenters. The molecule has 0 saturated carbocycles. The fourth-order valence-corrected chi connectivity index (χ4v) is 5.10. The van der Waals surface area contributed by atoms with E-state index in [9.17, 15) is 14.9 Å². The first-order valence-corrected chi connectivity index (χ1v) is 11.5. The van der Waals surface area contributed by atoms with Crippen molar-refractivity contribution in [2.75, 3.05) is 44.2 Å². The average molecular weight is 434 g/mol. The molecule has 2 fully saturated rings. The van der Waals surface area contributed by atoms with E-state index < -0.39 is 5.91 Å². The highest BCUT2D eigenvalue weighted by molar-refractivity contribution is 6.34. The number of piperidine rings is 1. The highest BCUT2D eigenvalue weighted by Crippen LogP contribution is 2.37. The molecule has 2 aromatic heterocycles. The minimum atomic E-state index is -0.412. The zero-order valence-electron chi connectivity index (χ0n) is 18.2. The van der Waals surface area contributed by atoms with Crippen molar-refractivity contribution in [3.63, 3.8) is 0 Å². The molecule has 8 nitrogen and oxygen atoms in total. The van der Waals surface area contributed by atoms with Gasteiger partial charge in [0, 0.05) is 39.3 Å². The maximum Gasteiger partial charge on any atom is 0.312 e. The lowest BCUT2D eigenvalue weighted by Gasteiger charge is -2.37. The topological polar surface area (TPSA) is 93.7 Å². The van der Waals surface area contributed by atoms with Crippen molar-refractivity contribution in [3.05, 3.63) is 35.1 Å². The molecule has 0 N–H and O–H groups in total. The number of amides is 2. The van der Waals surface area contributed by atoms with Crippen LogP contribution in [0.25, 0.3) is 11.5 Å². The van der Waals surface area contributed by atoms with Gasteiger partial charge in [0.25, 0.3) is 0 Å². The predicted octanol–water partition coefficient (Wildman–Crippen LogP) is 2.36. The maximum absolute atomic E-state index is 12.8. The van der Waals surface area contributed by atoms with Gasteiger partial charge in [-0.3, -0.25) is 9.59 Å². The van der Waals surface area contributed by atoms with E-state index in [2.05, 4.69) is 11.0 Å². The Kier molecular flexibility index (Phi) is 5.56. The second-order valence-corrected chi connectivity index (χ2v) is 8.69. The van der Waals surface area contributed by atoms with Crippen molar-refractivity contribution in [1.29, 1.82) is 5.26 Å². The summed E-state index contributed by atoms with van der Waals surface area (Å²) in [6.07, 6.45) is 7.45. The number of anilines is 1. The molecule has 3 aliphatic rings. The lowest BCUT2D eigenvalue weighted by Crippen LogP contribution is -2.54. The Hall–Kier alpha value is -3.34. The number of pyridine rings is 1. The molecule has 8 heteroatoms. The number of likely N-dealkylation sites (tertiary alicyclic amines) is 1. The fraction of sp³-hybridized carbons (Fsp3) is 0.500. The van der Waals surface area contributed by atoms with Crippen LogP contribution in [-0.2, 0) is 22.4 Å². The van der Waals surface area contributed by atoms with Crippen molar-refractivity contribution in [1.82, 2.24) is 14.8 Å². The molecule has 1 aliphatic carbocycles. The van der Waals surface area contributed by atoms with Gasteiger partial charge in [0.2, 0.25) is 0 Å². The van der Waals surface area contributed by atoms with Gasteiger partial charge in [-0.1, -0.05) is 0 Å². The molecule has 0 bridgehead atoms. The number of fused-ring (bicyclic) bond motifs is 1. The van der Waals surface area contributed by atoms with Gasteiger partial charge in [0.05, 0.1) is 11.8 Å². The van der Waals surface area contributed by atoms with E-state index in [0.717, 1.165) is 61.1 Å². The molecule has 0 unspecified atom stereocenters. The molecule has 0 radical (unpaired) electrons. The number of nitrogens with zero attached hydrogens (tertiary/aromatic N) is 5. The Labute approximate surface area is 187 Å². The minimum absolute atomic E-state index is 0.383. The van der Waals surface area contributed by atoms with E-state index >= 15 is 0 Å². The van der Waals surface area contributed by atoms with Gasteiger partial charge in [-0.25, -0.2) is 4.98 Å². The van der Waals surface area contributed by atoms with Crippen LogP contribution in [-0.4, -0.2) is 65.9 Å². The zero-order valence-corrected chi connectivity index (χ0v) is 18.2. The number of carbonyl (C=O) groups is 2. The van der Waals surface area contributed by atoms with E-state index in [1.165, 1.54) is 0 Å². The molecule has 2 saturated heterocycles. The third kappa shape index (κ3) is 3.62. The first kappa shape index (κ1) is 20.6. The summed E-state index contributed by atoms with van der Waals surface area (Å²) >= 11 is 0. The molecule has 2 aliphatic heterocycles. The van der Waals surface area contributed by atoms with Gasteiger partial charge in [-0.15, -0.1) is 0 Å². The summed E-state index contributed by atoms with van der Waals surface area (Å²) in [6, 6.07) is 6.13. The van der Waals surface area contributed by atoms with E-state index in [4.69, 9.17) is 9.40 Å². The number of carbonyl (C=O) groups excluding carboxylic acids is 2. The molecule has 2 aromatic rings. The smallest absolute Gasteiger partial charge is 0.312 e. The molecule has 0 spiro atoms. The highest BCUT2D eigenvalue weighted by Gasteiger charge is 2.33. The lowest BCUT2D eigenvalue weighted by atomic mass is 10.0. The van der Waals surface area contributed by atoms with Crippen LogP contribution < -0.4 is 4.90 Å². The van der Waals surface area contributed by atoms with Crippen LogP contribution in [0.1, 0.15) is 42.4 Å². The first-order chi connectivity index (χ1) is 15.7. The SMILES string of the molecule is N#Cc1c(N2CCN(C(=O)C(=O)N3CCCCC3)CC2)nc(-c2ccco2)c2c1CCC2. The monoisotopic (exact) mass is 433 g/mol. The van der Waals surface area contributed by atoms with E-state index in [0.29, 0.717) is 50.6 Å². The fourth-order valence-electron chi connectivity index (χ4n) is 5.10. The summed E-state index contributed by atoms with van der Waals surface area (Å²) in [5.74, 6) is 0.584. The van der Waals surface area contributed by atoms with Crippen LogP contribution in [0.5, 0.6) is 0 Å². The molecular formula is C24H27N5O3. The Bertz CT molecular complexity index is 1060. The summed E-state index contributed by atoms with van der Waals surface area (Å²) in [4.78, 5) is 35.7. The Balaban J connectivity index is 1.36. The third-order valence-corrected chi connectivity index (χ3v) is 6.81. The maximum atomic E-state index is 12.8. The quantitative estimate of drug-likeness (QED) is 0.675. The predicted molar refractivity (Wildman–Crippen MR) is 118 cm³/mol. The van der Waals surface area contributed by atoms with Crippen LogP contribution in [0, 0.1) is 11.3 Å². The number of nitriles is 1. The number of furan rings is 1. The van der Waals surface area contributed by atoms with Gasteiger partial charge in [-0.05, 0) is 61.8 Å². The number of piperazine rings is 1. The van der Waals surface area contributed by atoms with Crippen molar-refractivity contribution in [3.8, 4) is 17.5 Å². The number of rotatable bonds is 2. The molecule has 32 heavy (non-hydrogen) atoms. The standard InChI is InChI=1S/C24H27N5O3/c25-16-19-17-6-4-7-18(17)21(20-8-5-15-32-20)26-22(19)27-11-13-29(14-12-27)24(31)23(30)28-9-2-1-3-10-28/h5,8,15H,1-4,6-7,9-14H2. The molecule has 166 valence electrons. The third-order valence-electron chi connectivity index (χ3n) is 6.81. The largest absolute Gasteiger partial charge is 0.463 e. The summed E-state index contributed by atoms with van der Waals surface area (Å²) in [7, 11) is 0. The second kappa shape index (κ2) is 8.65. The molecule has 4 heterocycles. The average Bonchev–Trinajstić information content (AvgIpc) is 3.55. The van der Waals surface area contributed by atoms with Crippen LogP contribution in [0.2, 0.25) is 0 Å². The van der Waals surface area contributed by atoms with Crippen LogP contribution >= 0.6 is 0 Å².